The lowest BCUT2D eigenvalue weighted by Crippen LogP contribution is -2.00. The zero-order valence-corrected chi connectivity index (χ0v) is 10.6. The van der Waals surface area contributed by atoms with Gasteiger partial charge in [-0.3, -0.25) is 0 Å². The maximum Gasteiger partial charge on any atom is 0.226 e. The van der Waals surface area contributed by atoms with Crippen LogP contribution in [0, 0.1) is 5.82 Å². The van der Waals surface area contributed by atoms with Gasteiger partial charge in [-0.2, -0.15) is 4.98 Å². The molecular formula is C14H14FN3O. The van der Waals surface area contributed by atoms with Gasteiger partial charge in [-0.05, 0) is 24.6 Å². The molecule has 0 spiro atoms. The van der Waals surface area contributed by atoms with E-state index in [-0.39, 0.29) is 5.82 Å². The van der Waals surface area contributed by atoms with E-state index in [1.807, 2.05) is 16.8 Å². The summed E-state index contributed by atoms with van der Waals surface area (Å²) in [6.07, 6.45) is 3.59. The molecule has 0 fully saturated rings. The first-order chi connectivity index (χ1) is 9.28. The Kier molecular flexibility index (Phi) is 3.03. The van der Waals surface area contributed by atoms with Crippen molar-refractivity contribution in [3.63, 3.8) is 0 Å². The van der Waals surface area contributed by atoms with Gasteiger partial charge in [-0.15, -0.1) is 0 Å². The van der Waals surface area contributed by atoms with Crippen LogP contribution in [-0.2, 0) is 13.0 Å². The van der Waals surface area contributed by atoms with Gasteiger partial charge in [0.2, 0.25) is 5.89 Å². The molecule has 2 heterocycles. The fourth-order valence-corrected chi connectivity index (χ4v) is 2.15. The van der Waals surface area contributed by atoms with E-state index in [9.17, 15) is 4.39 Å². The van der Waals surface area contributed by atoms with Gasteiger partial charge in [-0.25, -0.2) is 4.39 Å². The number of rotatable bonds is 4. The van der Waals surface area contributed by atoms with E-state index in [1.54, 1.807) is 12.1 Å². The number of halogens is 1. The molecule has 0 amide bonds. The normalized spacial score (nSPS) is 11.3. The van der Waals surface area contributed by atoms with Crippen LogP contribution >= 0.6 is 0 Å². The third kappa shape index (κ3) is 2.23. The van der Waals surface area contributed by atoms with Crippen LogP contribution in [0.5, 0.6) is 0 Å². The van der Waals surface area contributed by atoms with E-state index in [4.69, 9.17) is 4.52 Å². The second-order valence-electron chi connectivity index (χ2n) is 4.47. The van der Waals surface area contributed by atoms with Gasteiger partial charge in [0.25, 0.3) is 0 Å². The number of nitrogens with zero attached hydrogens (tertiary/aromatic N) is 3. The Bertz CT molecular complexity index is 702. The number of hydrogen-bond donors (Lipinski definition) is 0. The third-order valence-electron chi connectivity index (χ3n) is 3.05. The van der Waals surface area contributed by atoms with Crippen LogP contribution in [0.25, 0.3) is 10.9 Å². The number of hydrogen-bond acceptors (Lipinski definition) is 3. The quantitative estimate of drug-likeness (QED) is 0.722. The van der Waals surface area contributed by atoms with Crippen molar-refractivity contribution in [2.45, 2.75) is 26.3 Å². The lowest BCUT2D eigenvalue weighted by atomic mass is 10.2. The highest BCUT2D eigenvalue weighted by molar-refractivity contribution is 5.80. The molecule has 0 radical (unpaired) electrons. The number of aryl methyl sites for hydroxylation is 1. The van der Waals surface area contributed by atoms with Gasteiger partial charge in [0, 0.05) is 18.0 Å². The molecule has 2 aromatic heterocycles. The highest BCUT2D eigenvalue weighted by Crippen LogP contribution is 2.19. The summed E-state index contributed by atoms with van der Waals surface area (Å²) >= 11 is 0. The number of benzene rings is 1. The summed E-state index contributed by atoms with van der Waals surface area (Å²) in [5, 5.41) is 4.55. The van der Waals surface area contributed by atoms with Crippen molar-refractivity contribution >= 4 is 10.9 Å². The van der Waals surface area contributed by atoms with Crippen molar-refractivity contribution in [3.8, 4) is 0 Å². The predicted molar refractivity (Wildman–Crippen MR) is 69.3 cm³/mol. The molecule has 19 heavy (non-hydrogen) atoms. The van der Waals surface area contributed by atoms with Crippen LogP contribution in [0.2, 0.25) is 0 Å². The first kappa shape index (κ1) is 11.9. The Morgan fingerprint density at radius 3 is 3.05 bits per heavy atom. The molecule has 0 saturated heterocycles. The molecule has 3 aromatic rings. The van der Waals surface area contributed by atoms with Crippen LogP contribution < -0.4 is 0 Å². The van der Waals surface area contributed by atoms with E-state index in [0.717, 1.165) is 18.4 Å². The fourth-order valence-electron chi connectivity index (χ4n) is 2.15. The van der Waals surface area contributed by atoms with Crippen molar-refractivity contribution in [3.05, 3.63) is 48.0 Å². The summed E-state index contributed by atoms with van der Waals surface area (Å²) in [5.41, 5.74) is 0.835. The smallest absolute Gasteiger partial charge is 0.226 e. The molecule has 0 aliphatic rings. The average molecular weight is 259 g/mol. The minimum Gasteiger partial charge on any atom is -0.340 e. The zero-order valence-electron chi connectivity index (χ0n) is 10.6. The Balaban J connectivity index is 1.90. The minimum absolute atomic E-state index is 0.212. The van der Waals surface area contributed by atoms with Crippen LogP contribution in [0.4, 0.5) is 4.39 Å². The summed E-state index contributed by atoms with van der Waals surface area (Å²) in [6, 6.07) is 6.80. The standard InChI is InChI=1S/C14H14FN3O/c1-2-4-14-16-13(17-19-14)9-18-8-7-10-11(15)5-3-6-12(10)18/h3,5-8H,2,4,9H2,1H3. The molecule has 0 atom stereocenters. The van der Waals surface area contributed by atoms with Gasteiger partial charge in [-0.1, -0.05) is 18.1 Å². The summed E-state index contributed by atoms with van der Waals surface area (Å²) < 4.78 is 20.6. The second kappa shape index (κ2) is 4.84. The lowest BCUT2D eigenvalue weighted by Gasteiger charge is -2.01. The Hall–Kier alpha value is -2.17. The molecule has 0 saturated carbocycles. The maximum atomic E-state index is 13.6. The molecule has 3 rings (SSSR count). The van der Waals surface area contributed by atoms with Crippen molar-refractivity contribution in [1.82, 2.24) is 14.7 Å². The molecular weight excluding hydrogens is 245 g/mol. The molecule has 5 heteroatoms. The predicted octanol–water partition coefficient (Wildman–Crippen LogP) is 3.16. The lowest BCUT2D eigenvalue weighted by molar-refractivity contribution is 0.371. The van der Waals surface area contributed by atoms with Crippen molar-refractivity contribution < 1.29 is 8.91 Å². The zero-order chi connectivity index (χ0) is 13.2. The summed E-state index contributed by atoms with van der Waals surface area (Å²) in [4.78, 5) is 4.31. The minimum atomic E-state index is -0.212. The van der Waals surface area contributed by atoms with Gasteiger partial charge in [0.15, 0.2) is 5.82 Å². The highest BCUT2D eigenvalue weighted by Gasteiger charge is 2.09. The maximum absolute atomic E-state index is 13.6. The van der Waals surface area contributed by atoms with E-state index >= 15 is 0 Å². The Morgan fingerprint density at radius 2 is 2.21 bits per heavy atom. The second-order valence-corrected chi connectivity index (χ2v) is 4.47. The van der Waals surface area contributed by atoms with Gasteiger partial charge < -0.3 is 9.09 Å². The molecule has 98 valence electrons. The summed E-state index contributed by atoms with van der Waals surface area (Å²) in [6.45, 7) is 2.55. The largest absolute Gasteiger partial charge is 0.340 e. The molecule has 0 unspecified atom stereocenters. The Labute approximate surface area is 109 Å². The van der Waals surface area contributed by atoms with E-state index in [2.05, 4.69) is 17.1 Å². The van der Waals surface area contributed by atoms with Crippen molar-refractivity contribution in [1.29, 1.82) is 0 Å². The fraction of sp³-hybridized carbons (Fsp3) is 0.286. The Morgan fingerprint density at radius 1 is 1.32 bits per heavy atom. The van der Waals surface area contributed by atoms with Gasteiger partial charge in [0.1, 0.15) is 5.82 Å². The third-order valence-corrected chi connectivity index (χ3v) is 3.05. The van der Waals surface area contributed by atoms with Crippen LogP contribution in [0.3, 0.4) is 0 Å². The molecule has 0 aliphatic carbocycles. The van der Waals surface area contributed by atoms with Gasteiger partial charge >= 0.3 is 0 Å². The van der Waals surface area contributed by atoms with Gasteiger partial charge in [0.05, 0.1) is 12.1 Å². The van der Waals surface area contributed by atoms with Crippen LogP contribution in [0.15, 0.2) is 35.0 Å². The average Bonchev–Trinajstić information content (AvgIpc) is 3.00. The first-order valence-electron chi connectivity index (χ1n) is 6.32. The molecule has 0 aliphatic heterocycles. The number of aromatic nitrogens is 3. The topological polar surface area (TPSA) is 43.9 Å². The van der Waals surface area contributed by atoms with Crippen molar-refractivity contribution in [2.75, 3.05) is 0 Å². The summed E-state index contributed by atoms with van der Waals surface area (Å²) in [7, 11) is 0. The summed E-state index contributed by atoms with van der Waals surface area (Å²) in [5.74, 6) is 1.06. The molecule has 4 nitrogen and oxygen atoms in total. The van der Waals surface area contributed by atoms with E-state index < -0.39 is 0 Å². The van der Waals surface area contributed by atoms with Crippen molar-refractivity contribution in [2.24, 2.45) is 0 Å². The molecule has 0 N–H and O–H groups in total. The van der Waals surface area contributed by atoms with Crippen LogP contribution in [-0.4, -0.2) is 14.7 Å². The van der Waals surface area contributed by atoms with E-state index in [1.165, 1.54) is 6.07 Å². The number of fused-ring (bicyclic) bond motifs is 1. The monoisotopic (exact) mass is 259 g/mol. The molecule has 1 aromatic carbocycles. The first-order valence-corrected chi connectivity index (χ1v) is 6.32. The molecule has 0 bridgehead atoms. The van der Waals surface area contributed by atoms with E-state index in [0.29, 0.717) is 23.6 Å². The highest BCUT2D eigenvalue weighted by atomic mass is 19.1. The van der Waals surface area contributed by atoms with Crippen LogP contribution in [0.1, 0.15) is 25.1 Å². The SMILES string of the molecule is CCCc1nc(Cn2ccc3c(F)cccc32)no1.